The Morgan fingerprint density at radius 1 is 1.06 bits per heavy atom. The number of amides is 3. The molecule has 3 rings (SSSR count). The van der Waals surface area contributed by atoms with Crippen LogP contribution in [0.3, 0.4) is 0 Å². The minimum absolute atomic E-state index is 0.0651. The smallest absolute Gasteiger partial charge is 0.408 e. The largest absolute Gasteiger partial charge is 0.444 e. The molecule has 194 valence electrons. The third-order valence-electron chi connectivity index (χ3n) is 6.26. The molecule has 8 heteroatoms. The second kappa shape index (κ2) is 11.4. The van der Waals surface area contributed by atoms with Crippen molar-refractivity contribution >= 4 is 36.2 Å². The average molecular weight is 512 g/mol. The quantitative estimate of drug-likeness (QED) is 0.433. The molecule has 0 radical (unpaired) electrons. The zero-order valence-corrected chi connectivity index (χ0v) is 22.8. The van der Waals surface area contributed by atoms with E-state index in [1.165, 1.54) is 0 Å². The van der Waals surface area contributed by atoms with Crippen molar-refractivity contribution < 1.29 is 19.1 Å². The van der Waals surface area contributed by atoms with Crippen LogP contribution in [-0.2, 0) is 14.3 Å². The topological polar surface area (TPSA) is 87.7 Å². The highest BCUT2D eigenvalue weighted by Gasteiger charge is 2.48. The van der Waals surface area contributed by atoms with Gasteiger partial charge in [-0.2, -0.15) is 12.6 Å². The van der Waals surface area contributed by atoms with Gasteiger partial charge in [-0.15, -0.1) is 0 Å². The van der Waals surface area contributed by atoms with Crippen molar-refractivity contribution in [3.05, 3.63) is 65.2 Å². The number of nitrogens with one attached hydrogen (secondary N) is 2. The number of ether oxygens (including phenoxy) is 1. The molecule has 0 heterocycles. The predicted molar refractivity (Wildman–Crippen MR) is 145 cm³/mol. The van der Waals surface area contributed by atoms with Gasteiger partial charge in [-0.05, 0) is 69.7 Å². The van der Waals surface area contributed by atoms with Crippen LogP contribution in [-0.4, -0.2) is 46.2 Å². The number of nitrogens with zero attached hydrogens (tertiary/aromatic N) is 1. The van der Waals surface area contributed by atoms with Crippen molar-refractivity contribution in [3.63, 3.8) is 0 Å². The first-order valence-electron chi connectivity index (χ1n) is 12.3. The van der Waals surface area contributed by atoms with Crippen LogP contribution in [0.5, 0.6) is 0 Å². The van der Waals surface area contributed by atoms with Crippen LogP contribution in [0.15, 0.2) is 48.5 Å². The van der Waals surface area contributed by atoms with Crippen molar-refractivity contribution in [2.24, 2.45) is 5.92 Å². The average Bonchev–Trinajstić information content (AvgIpc) is 3.52. The van der Waals surface area contributed by atoms with Gasteiger partial charge in [-0.25, -0.2) is 4.79 Å². The van der Waals surface area contributed by atoms with Crippen LogP contribution in [0.25, 0.3) is 0 Å². The van der Waals surface area contributed by atoms with E-state index < -0.39 is 23.8 Å². The van der Waals surface area contributed by atoms with Crippen molar-refractivity contribution in [3.8, 4) is 0 Å². The van der Waals surface area contributed by atoms with E-state index in [0.717, 1.165) is 23.1 Å². The van der Waals surface area contributed by atoms with Crippen LogP contribution in [0.1, 0.15) is 56.8 Å². The van der Waals surface area contributed by atoms with Gasteiger partial charge in [0.05, 0.1) is 0 Å². The number of aryl methyl sites for hydroxylation is 2. The molecule has 0 saturated heterocycles. The highest BCUT2D eigenvalue weighted by atomic mass is 32.1. The molecule has 1 saturated carbocycles. The van der Waals surface area contributed by atoms with E-state index in [1.54, 1.807) is 25.7 Å². The lowest BCUT2D eigenvalue weighted by atomic mass is 9.97. The molecule has 1 aliphatic rings. The van der Waals surface area contributed by atoms with E-state index in [-0.39, 0.29) is 29.5 Å². The zero-order chi connectivity index (χ0) is 26.6. The Kier molecular flexibility index (Phi) is 8.71. The number of anilines is 1. The summed E-state index contributed by atoms with van der Waals surface area (Å²) in [6, 6.07) is 13.1. The van der Waals surface area contributed by atoms with Crippen LogP contribution < -0.4 is 10.6 Å². The number of hydrogen-bond acceptors (Lipinski definition) is 5. The maximum Gasteiger partial charge on any atom is 0.408 e. The number of hydrogen-bond donors (Lipinski definition) is 3. The molecule has 0 aromatic heterocycles. The van der Waals surface area contributed by atoms with Gasteiger partial charge >= 0.3 is 6.09 Å². The minimum Gasteiger partial charge on any atom is -0.444 e. The van der Waals surface area contributed by atoms with E-state index in [0.29, 0.717) is 5.69 Å². The molecule has 0 aliphatic heterocycles. The summed E-state index contributed by atoms with van der Waals surface area (Å²) < 4.78 is 5.37. The maximum absolute atomic E-state index is 14.0. The van der Waals surface area contributed by atoms with Gasteiger partial charge in [0, 0.05) is 17.5 Å². The fourth-order valence-corrected chi connectivity index (χ4v) is 4.46. The van der Waals surface area contributed by atoms with E-state index in [1.807, 2.05) is 62.4 Å². The van der Waals surface area contributed by atoms with Crippen molar-refractivity contribution in [2.75, 3.05) is 11.1 Å². The Balaban J connectivity index is 2.00. The maximum atomic E-state index is 14.0. The molecule has 1 fully saturated rings. The zero-order valence-electron chi connectivity index (χ0n) is 21.9. The van der Waals surface area contributed by atoms with Crippen LogP contribution in [0.4, 0.5) is 10.5 Å². The summed E-state index contributed by atoms with van der Waals surface area (Å²) in [4.78, 5) is 42.0. The SMILES string of the molecule is Cc1ccccc1NC(=O)C(c1ccccc1C)N(C(=O)C(CS)NC(=O)OC(C)(C)C)C1CC1C. The summed E-state index contributed by atoms with van der Waals surface area (Å²) in [5.74, 6) is -0.372. The Hall–Kier alpha value is -3.00. The van der Waals surface area contributed by atoms with E-state index in [9.17, 15) is 14.4 Å². The predicted octanol–water partition coefficient (Wildman–Crippen LogP) is 5.04. The number of thiol groups is 1. The van der Waals surface area contributed by atoms with Crippen LogP contribution >= 0.6 is 12.6 Å². The molecule has 4 unspecified atom stereocenters. The summed E-state index contributed by atoms with van der Waals surface area (Å²) >= 11 is 4.35. The summed E-state index contributed by atoms with van der Waals surface area (Å²) in [6.45, 7) is 11.2. The van der Waals surface area contributed by atoms with E-state index in [2.05, 4.69) is 30.2 Å². The molecule has 3 amide bonds. The van der Waals surface area contributed by atoms with Gasteiger partial charge in [0.15, 0.2) is 0 Å². The number of carbonyl (C=O) groups excluding carboxylic acids is 3. The van der Waals surface area contributed by atoms with Gasteiger partial charge in [0.25, 0.3) is 5.91 Å². The van der Waals surface area contributed by atoms with Crippen molar-refractivity contribution in [2.45, 2.75) is 71.7 Å². The van der Waals surface area contributed by atoms with Crippen molar-refractivity contribution in [1.82, 2.24) is 10.2 Å². The highest BCUT2D eigenvalue weighted by molar-refractivity contribution is 7.80. The second-order valence-corrected chi connectivity index (χ2v) is 10.8. The third-order valence-corrected chi connectivity index (χ3v) is 6.63. The van der Waals surface area contributed by atoms with E-state index in [4.69, 9.17) is 4.74 Å². The summed E-state index contributed by atoms with van der Waals surface area (Å²) in [6.07, 6.45) is 0.0767. The fraction of sp³-hybridized carbons (Fsp3) is 0.464. The molecular weight excluding hydrogens is 474 g/mol. The molecule has 7 nitrogen and oxygen atoms in total. The summed E-state index contributed by atoms with van der Waals surface area (Å²) in [7, 11) is 0. The first-order chi connectivity index (χ1) is 16.9. The van der Waals surface area contributed by atoms with Crippen LogP contribution in [0, 0.1) is 19.8 Å². The molecule has 2 aromatic rings. The lowest BCUT2D eigenvalue weighted by molar-refractivity contribution is -0.141. The molecule has 2 N–H and O–H groups in total. The monoisotopic (exact) mass is 511 g/mol. The van der Waals surface area contributed by atoms with Gasteiger partial charge in [0.1, 0.15) is 17.7 Å². The van der Waals surface area contributed by atoms with Gasteiger partial charge in [-0.3, -0.25) is 9.59 Å². The third kappa shape index (κ3) is 6.81. The van der Waals surface area contributed by atoms with Crippen molar-refractivity contribution in [1.29, 1.82) is 0 Å². The lowest BCUT2D eigenvalue weighted by Crippen LogP contribution is -2.54. The molecule has 36 heavy (non-hydrogen) atoms. The molecule has 0 bridgehead atoms. The standard InChI is InChI=1S/C28H37N3O4S/c1-17-11-7-9-13-20(17)24(25(32)29-21-14-10-8-12-18(21)2)31(23-15-19(23)3)26(33)22(16-36)30-27(34)35-28(4,5)6/h7-14,19,22-24,36H,15-16H2,1-6H3,(H,29,32)(H,30,34). The Morgan fingerprint density at radius 2 is 1.64 bits per heavy atom. The Morgan fingerprint density at radius 3 is 2.17 bits per heavy atom. The lowest BCUT2D eigenvalue weighted by Gasteiger charge is -2.35. The number of benzene rings is 2. The van der Waals surface area contributed by atoms with Crippen LogP contribution in [0.2, 0.25) is 0 Å². The van der Waals surface area contributed by atoms with Gasteiger partial charge in [-0.1, -0.05) is 49.4 Å². The van der Waals surface area contributed by atoms with E-state index >= 15 is 0 Å². The molecule has 1 aliphatic carbocycles. The first-order valence-corrected chi connectivity index (χ1v) is 12.9. The number of para-hydroxylation sites is 1. The molecular formula is C28H37N3O4S. The fourth-order valence-electron chi connectivity index (χ4n) is 4.21. The number of rotatable bonds is 8. The summed E-state index contributed by atoms with van der Waals surface area (Å²) in [5, 5.41) is 5.69. The number of carbonyl (C=O) groups is 3. The second-order valence-electron chi connectivity index (χ2n) is 10.5. The highest BCUT2D eigenvalue weighted by Crippen LogP contribution is 2.41. The Bertz CT molecular complexity index is 1110. The normalized spacial score (nSPS) is 18.5. The summed E-state index contributed by atoms with van der Waals surface area (Å²) in [5.41, 5.74) is 2.54. The first kappa shape index (κ1) is 27.6. The Labute approximate surface area is 219 Å². The minimum atomic E-state index is -0.950. The molecule has 2 aromatic carbocycles. The van der Waals surface area contributed by atoms with Gasteiger partial charge < -0.3 is 20.3 Å². The van der Waals surface area contributed by atoms with Gasteiger partial charge in [0.2, 0.25) is 5.91 Å². The number of alkyl carbamates (subject to hydrolysis) is 1. The molecule has 0 spiro atoms. The molecule has 4 atom stereocenters.